The number of piperidine rings is 1. The molecule has 1 N–H and O–H groups in total. The molecule has 8 nitrogen and oxygen atoms in total. The Labute approximate surface area is 170 Å². The summed E-state index contributed by atoms with van der Waals surface area (Å²) in [5.41, 5.74) is 0.896. The molecule has 0 aromatic carbocycles. The molecule has 2 aliphatic rings. The monoisotopic (exact) mass is 396 g/mol. The lowest BCUT2D eigenvalue weighted by molar-refractivity contribution is -0.134. The number of amides is 2. The first-order valence-electron chi connectivity index (χ1n) is 10.4. The van der Waals surface area contributed by atoms with E-state index in [-0.39, 0.29) is 18.4 Å². The number of likely N-dealkylation sites (tertiary alicyclic amines) is 2. The van der Waals surface area contributed by atoms with Gasteiger partial charge in [-0.2, -0.15) is 5.10 Å². The Morgan fingerprint density at radius 2 is 2.00 bits per heavy atom. The van der Waals surface area contributed by atoms with Crippen molar-refractivity contribution < 1.29 is 9.59 Å². The molecule has 0 bridgehead atoms. The van der Waals surface area contributed by atoms with Crippen molar-refractivity contribution in [3.63, 3.8) is 0 Å². The second-order valence-corrected chi connectivity index (χ2v) is 7.95. The van der Waals surface area contributed by atoms with E-state index in [4.69, 9.17) is 0 Å². The van der Waals surface area contributed by atoms with Crippen LogP contribution in [0.15, 0.2) is 36.8 Å². The Hall–Kier alpha value is -2.74. The van der Waals surface area contributed by atoms with Crippen LogP contribution in [0.3, 0.4) is 0 Å². The molecule has 1 atom stereocenters. The summed E-state index contributed by atoms with van der Waals surface area (Å²) in [6, 6.07) is 5.18. The Balaban J connectivity index is 1.28. The average molecular weight is 396 g/mol. The summed E-state index contributed by atoms with van der Waals surface area (Å²) in [5.74, 6) is 0.357. The molecule has 8 heteroatoms. The molecule has 0 spiro atoms. The first-order chi connectivity index (χ1) is 14.2. The maximum absolute atomic E-state index is 12.8. The molecular weight excluding hydrogens is 368 g/mol. The van der Waals surface area contributed by atoms with Crippen molar-refractivity contribution in [2.24, 2.45) is 5.92 Å². The fraction of sp³-hybridized carbons (Fsp3) is 0.524. The van der Waals surface area contributed by atoms with Crippen LogP contribution in [0.1, 0.15) is 36.2 Å². The number of nitrogens with zero attached hydrogens (tertiary/aromatic N) is 5. The topological polar surface area (TPSA) is 83.4 Å². The largest absolute Gasteiger partial charge is 0.341 e. The van der Waals surface area contributed by atoms with Crippen LogP contribution in [0.2, 0.25) is 0 Å². The van der Waals surface area contributed by atoms with E-state index in [0.29, 0.717) is 17.3 Å². The van der Waals surface area contributed by atoms with Crippen molar-refractivity contribution in [1.82, 2.24) is 24.6 Å². The third kappa shape index (κ3) is 5.20. The third-order valence-electron chi connectivity index (χ3n) is 5.67. The zero-order valence-electron chi connectivity index (χ0n) is 16.7. The SMILES string of the molecule is O=C(Nc1cnn(CC(=O)N2CCC[C@@H](CN3CCCC3)C2)c1)c1ccccn1. The fourth-order valence-electron chi connectivity index (χ4n) is 4.22. The van der Waals surface area contributed by atoms with Crippen LogP contribution in [0.4, 0.5) is 5.69 Å². The van der Waals surface area contributed by atoms with E-state index in [0.717, 1.165) is 26.1 Å². The highest BCUT2D eigenvalue weighted by Crippen LogP contribution is 2.20. The first kappa shape index (κ1) is 19.6. The number of rotatable bonds is 6. The van der Waals surface area contributed by atoms with Gasteiger partial charge in [-0.1, -0.05) is 6.07 Å². The second-order valence-electron chi connectivity index (χ2n) is 7.95. The Morgan fingerprint density at radius 3 is 2.79 bits per heavy atom. The lowest BCUT2D eigenvalue weighted by atomic mass is 9.97. The Kier molecular flexibility index (Phi) is 6.19. The molecule has 29 heavy (non-hydrogen) atoms. The minimum atomic E-state index is -0.294. The average Bonchev–Trinajstić information content (AvgIpc) is 3.41. The highest BCUT2D eigenvalue weighted by atomic mass is 16.2. The van der Waals surface area contributed by atoms with E-state index >= 15 is 0 Å². The molecule has 2 aliphatic heterocycles. The van der Waals surface area contributed by atoms with Gasteiger partial charge in [-0.25, -0.2) is 0 Å². The molecule has 2 aromatic heterocycles. The van der Waals surface area contributed by atoms with E-state index in [9.17, 15) is 9.59 Å². The van der Waals surface area contributed by atoms with Crippen LogP contribution in [0, 0.1) is 5.92 Å². The van der Waals surface area contributed by atoms with E-state index in [2.05, 4.69) is 20.3 Å². The van der Waals surface area contributed by atoms with Crippen LogP contribution in [0.5, 0.6) is 0 Å². The van der Waals surface area contributed by atoms with E-state index < -0.39 is 0 Å². The molecule has 2 saturated heterocycles. The summed E-state index contributed by atoms with van der Waals surface area (Å²) < 4.78 is 1.58. The molecular formula is C21H28N6O2. The molecule has 2 aromatic rings. The minimum Gasteiger partial charge on any atom is -0.341 e. The summed E-state index contributed by atoms with van der Waals surface area (Å²) in [6.07, 6.45) is 9.68. The van der Waals surface area contributed by atoms with Crippen molar-refractivity contribution in [3.05, 3.63) is 42.5 Å². The molecule has 0 aliphatic carbocycles. The van der Waals surface area contributed by atoms with Gasteiger partial charge in [0.15, 0.2) is 0 Å². The van der Waals surface area contributed by atoms with Crippen LogP contribution in [-0.4, -0.2) is 69.1 Å². The molecule has 0 radical (unpaired) electrons. The van der Waals surface area contributed by atoms with Crippen molar-refractivity contribution in [2.45, 2.75) is 32.2 Å². The molecule has 0 unspecified atom stereocenters. The van der Waals surface area contributed by atoms with E-state index in [1.54, 1.807) is 41.5 Å². The summed E-state index contributed by atoms with van der Waals surface area (Å²) in [4.78, 5) is 33.5. The third-order valence-corrected chi connectivity index (χ3v) is 5.67. The van der Waals surface area contributed by atoms with E-state index in [1.807, 2.05) is 4.90 Å². The van der Waals surface area contributed by atoms with Gasteiger partial charge in [0.2, 0.25) is 5.91 Å². The van der Waals surface area contributed by atoms with Gasteiger partial charge in [0, 0.05) is 32.0 Å². The second kappa shape index (κ2) is 9.17. The number of carbonyl (C=O) groups excluding carboxylic acids is 2. The van der Waals surface area contributed by atoms with Crippen LogP contribution < -0.4 is 5.32 Å². The molecule has 154 valence electrons. The van der Waals surface area contributed by atoms with Crippen molar-refractivity contribution >= 4 is 17.5 Å². The van der Waals surface area contributed by atoms with Gasteiger partial charge in [0.25, 0.3) is 5.91 Å². The quantitative estimate of drug-likeness (QED) is 0.806. The number of nitrogens with one attached hydrogen (secondary N) is 1. The van der Waals surface area contributed by atoms with Gasteiger partial charge < -0.3 is 15.1 Å². The fourth-order valence-corrected chi connectivity index (χ4v) is 4.22. The van der Waals surface area contributed by atoms with Gasteiger partial charge in [-0.15, -0.1) is 0 Å². The van der Waals surface area contributed by atoms with Crippen LogP contribution in [-0.2, 0) is 11.3 Å². The number of anilines is 1. The molecule has 2 fully saturated rings. The molecule has 4 rings (SSSR count). The number of hydrogen-bond acceptors (Lipinski definition) is 5. The minimum absolute atomic E-state index is 0.0850. The zero-order valence-corrected chi connectivity index (χ0v) is 16.7. The number of carbonyl (C=O) groups is 2. The lowest BCUT2D eigenvalue weighted by Crippen LogP contribution is -2.44. The van der Waals surface area contributed by atoms with Gasteiger partial charge >= 0.3 is 0 Å². The van der Waals surface area contributed by atoms with Gasteiger partial charge in [0.05, 0.1) is 11.9 Å². The van der Waals surface area contributed by atoms with Gasteiger partial charge in [0.1, 0.15) is 12.2 Å². The predicted molar refractivity (Wildman–Crippen MR) is 109 cm³/mol. The molecule has 0 saturated carbocycles. The van der Waals surface area contributed by atoms with Crippen molar-refractivity contribution in [1.29, 1.82) is 0 Å². The Morgan fingerprint density at radius 1 is 1.14 bits per heavy atom. The van der Waals surface area contributed by atoms with Crippen molar-refractivity contribution in [2.75, 3.05) is 38.0 Å². The van der Waals surface area contributed by atoms with E-state index in [1.165, 1.54) is 32.4 Å². The Bertz CT molecular complexity index is 831. The lowest BCUT2D eigenvalue weighted by Gasteiger charge is -2.34. The summed E-state index contributed by atoms with van der Waals surface area (Å²) >= 11 is 0. The first-order valence-corrected chi connectivity index (χ1v) is 10.4. The van der Waals surface area contributed by atoms with Crippen molar-refractivity contribution in [3.8, 4) is 0 Å². The number of hydrogen-bond donors (Lipinski definition) is 1. The van der Waals surface area contributed by atoms with Gasteiger partial charge in [-0.05, 0) is 56.8 Å². The maximum atomic E-state index is 12.8. The van der Waals surface area contributed by atoms with Crippen LogP contribution in [0.25, 0.3) is 0 Å². The predicted octanol–water partition coefficient (Wildman–Crippen LogP) is 1.86. The summed E-state index contributed by atoms with van der Waals surface area (Å²) in [7, 11) is 0. The molecule has 2 amide bonds. The van der Waals surface area contributed by atoms with Gasteiger partial charge in [-0.3, -0.25) is 19.3 Å². The summed E-state index contributed by atoms with van der Waals surface area (Å²) in [6.45, 7) is 5.35. The zero-order chi connectivity index (χ0) is 20.1. The molecule has 4 heterocycles. The smallest absolute Gasteiger partial charge is 0.274 e. The highest BCUT2D eigenvalue weighted by Gasteiger charge is 2.26. The maximum Gasteiger partial charge on any atom is 0.274 e. The number of pyridine rings is 1. The highest BCUT2D eigenvalue weighted by molar-refractivity contribution is 6.02. The normalized spacial score (nSPS) is 20.0. The summed E-state index contributed by atoms with van der Waals surface area (Å²) in [5, 5.41) is 6.99. The number of aromatic nitrogens is 3. The standard InChI is InChI=1S/C21H28N6O2/c28-20(26-11-5-6-17(14-26)13-25-9-3-4-10-25)16-27-15-18(12-23-27)24-21(29)19-7-1-2-8-22-19/h1-2,7-8,12,15,17H,3-6,9-11,13-14,16H2,(H,24,29)/t17-/m0/s1. The van der Waals surface area contributed by atoms with Crippen LogP contribution >= 0.6 is 0 Å².